The zero-order chi connectivity index (χ0) is 16.7. The van der Waals surface area contributed by atoms with Gasteiger partial charge >= 0.3 is 0 Å². The van der Waals surface area contributed by atoms with E-state index < -0.39 is 10.0 Å². The predicted molar refractivity (Wildman–Crippen MR) is 94.6 cm³/mol. The second-order valence-electron chi connectivity index (χ2n) is 4.64. The van der Waals surface area contributed by atoms with Gasteiger partial charge < -0.3 is 4.98 Å². The Hall–Kier alpha value is -1.51. The summed E-state index contributed by atoms with van der Waals surface area (Å²) in [7, 11) is -3.59. The highest BCUT2D eigenvalue weighted by Gasteiger charge is 2.11. The Balaban J connectivity index is 1.72. The van der Waals surface area contributed by atoms with E-state index in [1.807, 2.05) is 6.92 Å². The van der Waals surface area contributed by atoms with Gasteiger partial charge in [-0.25, -0.2) is 13.4 Å². The van der Waals surface area contributed by atoms with Crippen molar-refractivity contribution in [2.75, 3.05) is 12.3 Å². The molecule has 2 N–H and O–H groups in total. The standard InChI is InChI=1S/C14H17ClN4O2S2/c1-11-14(18-10-17-11)8-22-7-6-16-9-19-23(20,21)13-4-2-12(15)3-5-13/h2-5,9-10H,6-8H2,1H3,(H,16,19)(H,17,18). The lowest BCUT2D eigenvalue weighted by molar-refractivity contribution is 0.593. The summed E-state index contributed by atoms with van der Waals surface area (Å²) in [5.41, 5.74) is 2.10. The third-order valence-corrected chi connectivity index (χ3v) is 5.47. The maximum atomic E-state index is 12.0. The lowest BCUT2D eigenvalue weighted by atomic mass is 10.4. The molecule has 0 saturated carbocycles. The number of aromatic nitrogens is 2. The van der Waals surface area contributed by atoms with E-state index in [-0.39, 0.29) is 4.90 Å². The van der Waals surface area contributed by atoms with E-state index in [1.165, 1.54) is 30.6 Å². The van der Waals surface area contributed by atoms with Crippen molar-refractivity contribution in [3.63, 3.8) is 0 Å². The number of aromatic amines is 1. The molecule has 0 saturated heterocycles. The molecule has 0 radical (unpaired) electrons. The SMILES string of the molecule is Cc1[nH]cnc1CSCCN=CNS(=O)(=O)c1ccc(Cl)cc1. The summed E-state index contributed by atoms with van der Waals surface area (Å²) in [5.74, 6) is 1.59. The molecule has 2 rings (SSSR count). The molecule has 1 aromatic carbocycles. The summed E-state index contributed by atoms with van der Waals surface area (Å²) in [4.78, 5) is 11.4. The molecule has 9 heteroatoms. The van der Waals surface area contributed by atoms with E-state index in [9.17, 15) is 8.42 Å². The van der Waals surface area contributed by atoms with Crippen LogP contribution in [0.1, 0.15) is 11.4 Å². The third-order valence-electron chi connectivity index (χ3n) is 2.96. The van der Waals surface area contributed by atoms with E-state index in [4.69, 9.17) is 11.6 Å². The van der Waals surface area contributed by atoms with Gasteiger partial charge in [0.05, 0.1) is 23.3 Å². The van der Waals surface area contributed by atoms with Gasteiger partial charge in [-0.1, -0.05) is 11.6 Å². The van der Waals surface area contributed by atoms with Crippen molar-refractivity contribution in [1.82, 2.24) is 14.7 Å². The van der Waals surface area contributed by atoms with Crippen molar-refractivity contribution < 1.29 is 8.42 Å². The minimum absolute atomic E-state index is 0.150. The van der Waals surface area contributed by atoms with E-state index in [0.29, 0.717) is 11.6 Å². The first-order chi connectivity index (χ1) is 11.0. The Labute approximate surface area is 144 Å². The molecule has 2 aromatic rings. The van der Waals surface area contributed by atoms with Gasteiger partial charge in [-0.05, 0) is 31.2 Å². The molecule has 124 valence electrons. The molecule has 0 atom stereocenters. The number of sulfonamides is 1. The molecule has 1 aromatic heterocycles. The van der Waals surface area contributed by atoms with Crippen LogP contribution in [0.3, 0.4) is 0 Å². The number of rotatable bonds is 8. The van der Waals surface area contributed by atoms with Crippen LogP contribution in [-0.2, 0) is 15.8 Å². The zero-order valence-electron chi connectivity index (χ0n) is 12.5. The average molecular weight is 373 g/mol. The van der Waals surface area contributed by atoms with Crippen LogP contribution in [0.5, 0.6) is 0 Å². The quantitative estimate of drug-likeness (QED) is 0.423. The van der Waals surface area contributed by atoms with Gasteiger partial charge in [0.25, 0.3) is 10.0 Å². The Morgan fingerprint density at radius 3 is 2.78 bits per heavy atom. The first-order valence-electron chi connectivity index (χ1n) is 6.82. The van der Waals surface area contributed by atoms with Crippen LogP contribution in [0.2, 0.25) is 5.02 Å². The average Bonchev–Trinajstić information content (AvgIpc) is 2.92. The Kier molecular flexibility index (Phi) is 6.49. The van der Waals surface area contributed by atoms with Gasteiger partial charge in [-0.15, -0.1) is 0 Å². The van der Waals surface area contributed by atoms with E-state index in [1.54, 1.807) is 18.1 Å². The number of aryl methyl sites for hydroxylation is 1. The number of thioether (sulfide) groups is 1. The lowest BCUT2D eigenvalue weighted by Crippen LogP contribution is -2.22. The normalized spacial score (nSPS) is 11.9. The van der Waals surface area contributed by atoms with Crippen molar-refractivity contribution in [2.24, 2.45) is 4.99 Å². The first-order valence-corrected chi connectivity index (χ1v) is 9.83. The van der Waals surface area contributed by atoms with Crippen molar-refractivity contribution in [3.8, 4) is 0 Å². The molecular weight excluding hydrogens is 356 g/mol. The predicted octanol–water partition coefficient (Wildman–Crippen LogP) is 2.61. The Morgan fingerprint density at radius 2 is 2.13 bits per heavy atom. The Morgan fingerprint density at radius 1 is 1.39 bits per heavy atom. The van der Waals surface area contributed by atoms with E-state index in [2.05, 4.69) is 19.7 Å². The van der Waals surface area contributed by atoms with Gasteiger partial charge in [-0.3, -0.25) is 9.71 Å². The summed E-state index contributed by atoms with van der Waals surface area (Å²) in [6.07, 6.45) is 2.89. The molecule has 0 aliphatic carbocycles. The maximum Gasteiger partial charge on any atom is 0.262 e. The molecule has 0 unspecified atom stereocenters. The van der Waals surface area contributed by atoms with Crippen LogP contribution in [0.4, 0.5) is 0 Å². The second kappa shape index (κ2) is 8.37. The minimum atomic E-state index is -3.59. The highest BCUT2D eigenvalue weighted by molar-refractivity contribution is 7.98. The molecule has 0 spiro atoms. The summed E-state index contributed by atoms with van der Waals surface area (Å²) < 4.78 is 26.2. The Bertz CT molecular complexity index is 757. The number of hydrogen-bond donors (Lipinski definition) is 2. The molecular formula is C14H17ClN4O2S2. The lowest BCUT2D eigenvalue weighted by Gasteiger charge is -2.03. The molecule has 0 aliphatic heterocycles. The van der Waals surface area contributed by atoms with Crippen LogP contribution >= 0.6 is 23.4 Å². The minimum Gasteiger partial charge on any atom is -0.348 e. The van der Waals surface area contributed by atoms with Gasteiger partial charge in [0.2, 0.25) is 0 Å². The maximum absolute atomic E-state index is 12.0. The number of imidazole rings is 1. The highest BCUT2D eigenvalue weighted by Crippen LogP contribution is 2.13. The van der Waals surface area contributed by atoms with Gasteiger partial charge in [-0.2, -0.15) is 11.8 Å². The number of aliphatic imine (C=N–C) groups is 1. The molecule has 0 bridgehead atoms. The van der Waals surface area contributed by atoms with Gasteiger partial charge in [0.15, 0.2) is 0 Å². The van der Waals surface area contributed by atoms with Crippen molar-refractivity contribution in [2.45, 2.75) is 17.6 Å². The summed E-state index contributed by atoms with van der Waals surface area (Å²) in [5, 5.41) is 0.488. The molecule has 0 amide bonds. The van der Waals surface area contributed by atoms with Crippen LogP contribution in [0.25, 0.3) is 0 Å². The van der Waals surface area contributed by atoms with Crippen LogP contribution in [0, 0.1) is 6.92 Å². The second-order valence-corrected chi connectivity index (χ2v) is 7.89. The first kappa shape index (κ1) is 17.8. The number of benzene rings is 1. The number of nitrogens with one attached hydrogen (secondary N) is 2. The van der Waals surface area contributed by atoms with Crippen molar-refractivity contribution in [1.29, 1.82) is 0 Å². The fourth-order valence-electron chi connectivity index (χ4n) is 1.67. The van der Waals surface area contributed by atoms with Crippen molar-refractivity contribution in [3.05, 3.63) is 47.0 Å². The molecule has 6 nitrogen and oxygen atoms in total. The van der Waals surface area contributed by atoms with Gasteiger partial charge in [0, 0.05) is 28.8 Å². The fourth-order valence-corrected chi connectivity index (χ4v) is 3.50. The van der Waals surface area contributed by atoms with Crippen molar-refractivity contribution >= 4 is 39.7 Å². The van der Waals surface area contributed by atoms with E-state index in [0.717, 1.165) is 22.9 Å². The molecule has 1 heterocycles. The topological polar surface area (TPSA) is 87.2 Å². The van der Waals surface area contributed by atoms with Crippen LogP contribution in [0.15, 0.2) is 40.5 Å². The van der Waals surface area contributed by atoms with Gasteiger partial charge in [0.1, 0.15) is 0 Å². The largest absolute Gasteiger partial charge is 0.348 e. The molecule has 23 heavy (non-hydrogen) atoms. The number of hydrogen-bond acceptors (Lipinski definition) is 5. The van der Waals surface area contributed by atoms with E-state index >= 15 is 0 Å². The summed E-state index contributed by atoms with van der Waals surface area (Å²) in [6, 6.07) is 5.95. The molecule has 0 fully saturated rings. The molecule has 0 aliphatic rings. The number of H-pyrrole nitrogens is 1. The number of nitrogens with zero attached hydrogens (tertiary/aromatic N) is 2. The zero-order valence-corrected chi connectivity index (χ0v) is 14.9. The monoisotopic (exact) mass is 372 g/mol. The number of halogens is 1. The fraction of sp³-hybridized carbons (Fsp3) is 0.286. The third kappa shape index (κ3) is 5.56. The smallest absolute Gasteiger partial charge is 0.262 e. The summed E-state index contributed by atoms with van der Waals surface area (Å²) >= 11 is 7.43. The summed E-state index contributed by atoms with van der Waals surface area (Å²) in [6.45, 7) is 2.50. The van der Waals surface area contributed by atoms with Crippen LogP contribution < -0.4 is 4.72 Å². The van der Waals surface area contributed by atoms with Crippen LogP contribution in [-0.4, -0.2) is 37.0 Å². The highest BCUT2D eigenvalue weighted by atomic mass is 35.5.